The molecule has 0 bridgehead atoms. The number of ether oxygens (including phenoxy) is 1. The number of rotatable bonds is 10. The fourth-order valence-electron chi connectivity index (χ4n) is 5.06. The van der Waals surface area contributed by atoms with Gasteiger partial charge in [0.15, 0.2) is 10.9 Å². The van der Waals surface area contributed by atoms with Crippen LogP contribution in [0.3, 0.4) is 0 Å². The van der Waals surface area contributed by atoms with Gasteiger partial charge in [-0.2, -0.15) is 0 Å². The first-order chi connectivity index (χ1) is 16.0. The van der Waals surface area contributed by atoms with Crippen LogP contribution in [-0.4, -0.2) is 44.6 Å². The number of hydrogen-bond donors (Lipinski definition) is 0. The van der Waals surface area contributed by atoms with Crippen LogP contribution in [0, 0.1) is 13.8 Å². The van der Waals surface area contributed by atoms with Crippen LogP contribution in [0.5, 0.6) is 0 Å². The molecule has 0 N–H and O–H groups in total. The molecule has 3 aromatic rings. The van der Waals surface area contributed by atoms with E-state index in [4.69, 9.17) is 4.74 Å². The van der Waals surface area contributed by atoms with Gasteiger partial charge in [-0.3, -0.25) is 4.79 Å². The standard InChI is InChI=1S/C25H34N4O2S2/c1-17-13-22(19(3)28(17)18(2)15-31-4)23(30)16-33-25-27-26-24(14-21-11-8-12-32-21)29(25)20-9-6-5-7-10-20/h8,11-13,18,20H,5-7,9-10,14-16H2,1-4H3. The summed E-state index contributed by atoms with van der Waals surface area (Å²) in [5, 5.41) is 12.1. The van der Waals surface area contributed by atoms with E-state index in [1.54, 1.807) is 18.4 Å². The van der Waals surface area contributed by atoms with Crippen molar-refractivity contribution in [2.24, 2.45) is 0 Å². The van der Waals surface area contributed by atoms with Gasteiger partial charge in [0.25, 0.3) is 0 Å². The fraction of sp³-hybridized carbons (Fsp3) is 0.560. The molecule has 6 nitrogen and oxygen atoms in total. The van der Waals surface area contributed by atoms with E-state index in [-0.39, 0.29) is 11.8 Å². The Morgan fingerprint density at radius 1 is 1.27 bits per heavy atom. The largest absolute Gasteiger partial charge is 0.383 e. The maximum Gasteiger partial charge on any atom is 0.191 e. The number of ketones is 1. The average molecular weight is 487 g/mol. The van der Waals surface area contributed by atoms with E-state index in [9.17, 15) is 4.79 Å². The van der Waals surface area contributed by atoms with Gasteiger partial charge in [-0.05, 0) is 51.1 Å². The van der Waals surface area contributed by atoms with Crippen molar-refractivity contribution in [3.05, 3.63) is 51.2 Å². The molecular formula is C25H34N4O2S2. The molecule has 1 fully saturated rings. The number of aryl methyl sites for hydroxylation is 1. The van der Waals surface area contributed by atoms with Gasteiger partial charge in [0, 0.05) is 41.4 Å². The number of thiophene rings is 1. The quantitative estimate of drug-likeness (QED) is 0.258. The lowest BCUT2D eigenvalue weighted by Gasteiger charge is -2.25. The molecule has 1 aliphatic rings. The fourth-order valence-corrected chi connectivity index (χ4v) is 6.67. The van der Waals surface area contributed by atoms with E-state index in [1.165, 1.54) is 35.9 Å². The molecule has 0 aliphatic heterocycles. The number of thioether (sulfide) groups is 1. The van der Waals surface area contributed by atoms with E-state index in [0.29, 0.717) is 18.4 Å². The Morgan fingerprint density at radius 2 is 2.06 bits per heavy atom. The van der Waals surface area contributed by atoms with Crippen LogP contribution in [0.15, 0.2) is 28.7 Å². The van der Waals surface area contributed by atoms with Gasteiger partial charge in [-0.25, -0.2) is 0 Å². The van der Waals surface area contributed by atoms with Gasteiger partial charge in [-0.1, -0.05) is 37.1 Å². The Balaban J connectivity index is 1.53. The SMILES string of the molecule is COCC(C)n1c(C)cc(C(=O)CSc2nnc(Cc3cccs3)n2C2CCCCC2)c1C. The number of Topliss-reactive ketones (excluding diaryl/α,β-unsaturated/α-hetero) is 1. The predicted molar refractivity (Wildman–Crippen MR) is 135 cm³/mol. The van der Waals surface area contributed by atoms with Gasteiger partial charge in [-0.15, -0.1) is 21.5 Å². The van der Waals surface area contributed by atoms with Crippen molar-refractivity contribution in [1.82, 2.24) is 19.3 Å². The highest BCUT2D eigenvalue weighted by Gasteiger charge is 2.25. The zero-order valence-electron chi connectivity index (χ0n) is 20.0. The highest BCUT2D eigenvalue weighted by Crippen LogP contribution is 2.34. The summed E-state index contributed by atoms with van der Waals surface area (Å²) in [5.41, 5.74) is 2.90. The average Bonchev–Trinajstić information content (AvgIpc) is 3.53. The van der Waals surface area contributed by atoms with Crippen LogP contribution >= 0.6 is 23.1 Å². The minimum absolute atomic E-state index is 0.141. The zero-order chi connectivity index (χ0) is 23.4. The minimum atomic E-state index is 0.141. The van der Waals surface area contributed by atoms with E-state index >= 15 is 0 Å². The summed E-state index contributed by atoms with van der Waals surface area (Å²) < 4.78 is 9.86. The summed E-state index contributed by atoms with van der Waals surface area (Å²) in [6.07, 6.45) is 6.92. The lowest BCUT2D eigenvalue weighted by atomic mass is 9.95. The Kier molecular flexibility index (Phi) is 8.09. The molecule has 33 heavy (non-hydrogen) atoms. The molecule has 1 aliphatic carbocycles. The molecule has 4 rings (SSSR count). The lowest BCUT2D eigenvalue weighted by Crippen LogP contribution is -2.17. The summed E-state index contributed by atoms with van der Waals surface area (Å²) in [6.45, 7) is 6.82. The number of carbonyl (C=O) groups excluding carboxylic acids is 1. The van der Waals surface area contributed by atoms with Crippen LogP contribution in [0.1, 0.15) is 83.6 Å². The van der Waals surface area contributed by atoms with E-state index in [2.05, 4.69) is 50.7 Å². The van der Waals surface area contributed by atoms with Crippen molar-refractivity contribution < 1.29 is 9.53 Å². The van der Waals surface area contributed by atoms with Crippen LogP contribution in [0.25, 0.3) is 0 Å². The molecule has 3 heterocycles. The van der Waals surface area contributed by atoms with Crippen molar-refractivity contribution in [1.29, 1.82) is 0 Å². The van der Waals surface area contributed by atoms with Crippen molar-refractivity contribution >= 4 is 28.9 Å². The number of methoxy groups -OCH3 is 1. The normalized spacial score (nSPS) is 15.8. The van der Waals surface area contributed by atoms with Gasteiger partial charge in [0.05, 0.1) is 18.4 Å². The molecule has 1 saturated carbocycles. The van der Waals surface area contributed by atoms with Gasteiger partial charge in [0.1, 0.15) is 5.82 Å². The smallest absolute Gasteiger partial charge is 0.191 e. The molecule has 178 valence electrons. The minimum Gasteiger partial charge on any atom is -0.383 e. The molecule has 3 aromatic heterocycles. The second-order valence-electron chi connectivity index (χ2n) is 8.99. The Hall–Kier alpha value is -1.90. The Bertz CT molecular complexity index is 1060. The van der Waals surface area contributed by atoms with Crippen LogP contribution in [0.2, 0.25) is 0 Å². The van der Waals surface area contributed by atoms with Crippen LogP contribution in [-0.2, 0) is 11.2 Å². The summed E-state index contributed by atoms with van der Waals surface area (Å²) in [7, 11) is 1.71. The zero-order valence-corrected chi connectivity index (χ0v) is 21.7. The summed E-state index contributed by atoms with van der Waals surface area (Å²) >= 11 is 3.28. The first-order valence-corrected chi connectivity index (χ1v) is 13.7. The summed E-state index contributed by atoms with van der Waals surface area (Å²) in [5.74, 6) is 1.53. The van der Waals surface area contributed by atoms with Gasteiger partial charge >= 0.3 is 0 Å². The molecule has 0 amide bonds. The number of nitrogens with zero attached hydrogens (tertiary/aromatic N) is 4. The molecule has 0 aromatic carbocycles. The highest BCUT2D eigenvalue weighted by atomic mass is 32.2. The second kappa shape index (κ2) is 11.0. The van der Waals surface area contributed by atoms with E-state index < -0.39 is 0 Å². The van der Waals surface area contributed by atoms with E-state index in [0.717, 1.165) is 47.2 Å². The van der Waals surface area contributed by atoms with Gasteiger partial charge in [0.2, 0.25) is 0 Å². The maximum absolute atomic E-state index is 13.2. The molecule has 1 atom stereocenters. The third-order valence-electron chi connectivity index (χ3n) is 6.55. The monoisotopic (exact) mass is 486 g/mol. The van der Waals surface area contributed by atoms with E-state index in [1.807, 2.05) is 13.0 Å². The molecule has 1 unspecified atom stereocenters. The molecule has 8 heteroatoms. The lowest BCUT2D eigenvalue weighted by molar-refractivity contribution is 0.102. The Morgan fingerprint density at radius 3 is 2.76 bits per heavy atom. The topological polar surface area (TPSA) is 61.9 Å². The number of carbonyl (C=O) groups is 1. The van der Waals surface area contributed by atoms with Crippen LogP contribution in [0.4, 0.5) is 0 Å². The first-order valence-electron chi connectivity index (χ1n) is 11.8. The predicted octanol–water partition coefficient (Wildman–Crippen LogP) is 6.04. The van der Waals surface area contributed by atoms with Crippen molar-refractivity contribution in [2.45, 2.75) is 76.5 Å². The van der Waals surface area contributed by atoms with Gasteiger partial charge < -0.3 is 13.9 Å². The summed E-state index contributed by atoms with van der Waals surface area (Å²) in [6, 6.07) is 6.87. The third-order valence-corrected chi connectivity index (χ3v) is 8.37. The molecule has 0 radical (unpaired) electrons. The first kappa shape index (κ1) is 24.2. The second-order valence-corrected chi connectivity index (χ2v) is 11.0. The number of hydrogen-bond acceptors (Lipinski definition) is 6. The Labute approximate surface area is 204 Å². The maximum atomic E-state index is 13.2. The highest BCUT2D eigenvalue weighted by molar-refractivity contribution is 7.99. The number of aromatic nitrogens is 4. The van der Waals surface area contributed by atoms with Crippen molar-refractivity contribution in [3.8, 4) is 0 Å². The van der Waals surface area contributed by atoms with Crippen LogP contribution < -0.4 is 0 Å². The van der Waals surface area contributed by atoms with Crippen molar-refractivity contribution in [2.75, 3.05) is 19.5 Å². The molecule has 0 spiro atoms. The van der Waals surface area contributed by atoms with Crippen molar-refractivity contribution in [3.63, 3.8) is 0 Å². The third kappa shape index (κ3) is 5.44. The molecule has 0 saturated heterocycles. The molecular weight excluding hydrogens is 452 g/mol. The summed E-state index contributed by atoms with van der Waals surface area (Å²) in [4.78, 5) is 14.5.